The fourth-order valence-corrected chi connectivity index (χ4v) is 4.85. The van der Waals surface area contributed by atoms with Crippen LogP contribution < -0.4 is 0 Å². The molecular weight excluding hydrogens is 316 g/mol. The van der Waals surface area contributed by atoms with Crippen molar-refractivity contribution in [3.8, 4) is 0 Å². The van der Waals surface area contributed by atoms with E-state index in [1.807, 2.05) is 29.2 Å². The van der Waals surface area contributed by atoms with E-state index in [0.717, 1.165) is 44.6 Å². The van der Waals surface area contributed by atoms with Crippen LogP contribution in [-0.2, 0) is 16.6 Å². The van der Waals surface area contributed by atoms with Gasteiger partial charge in [-0.05, 0) is 25.7 Å². The van der Waals surface area contributed by atoms with Crippen LogP contribution in [0, 0.1) is 5.92 Å². The van der Waals surface area contributed by atoms with Gasteiger partial charge in [0.05, 0.1) is 5.92 Å². The molecule has 0 unspecified atom stereocenters. The zero-order chi connectivity index (χ0) is 17.4. The quantitative estimate of drug-likeness (QED) is 0.842. The first kappa shape index (κ1) is 16.6. The summed E-state index contributed by atoms with van der Waals surface area (Å²) in [5.41, 5.74) is 0. The monoisotopic (exact) mass is 344 g/mol. The van der Waals surface area contributed by atoms with Crippen LogP contribution in [0.4, 0.5) is 0 Å². The number of piperidine rings is 1. The maximum absolute atomic E-state index is 12.9. The number of carbonyl (C=O) groups is 2. The van der Waals surface area contributed by atoms with E-state index in [-0.39, 0.29) is 17.7 Å². The molecule has 6 heteroatoms. The molecule has 3 fully saturated rings. The van der Waals surface area contributed by atoms with Crippen molar-refractivity contribution in [3.63, 3.8) is 0 Å². The Morgan fingerprint density at radius 1 is 1.16 bits per heavy atom. The summed E-state index contributed by atoms with van der Waals surface area (Å²) in [6, 6.07) is 0.388. The highest BCUT2D eigenvalue weighted by molar-refractivity contribution is 5.89. The molecule has 1 aromatic rings. The molecule has 136 valence electrons. The third kappa shape index (κ3) is 3.18. The van der Waals surface area contributed by atoms with Gasteiger partial charge in [0.2, 0.25) is 11.8 Å². The van der Waals surface area contributed by atoms with Crippen LogP contribution in [0.1, 0.15) is 56.7 Å². The minimum absolute atomic E-state index is 0.127. The van der Waals surface area contributed by atoms with Gasteiger partial charge in [0, 0.05) is 57.5 Å². The predicted octanol–water partition coefficient (Wildman–Crippen LogP) is 1.92. The number of hydrogen-bond donors (Lipinski definition) is 0. The summed E-state index contributed by atoms with van der Waals surface area (Å²) in [5, 5.41) is 0. The van der Waals surface area contributed by atoms with Gasteiger partial charge in [0.1, 0.15) is 5.82 Å². The van der Waals surface area contributed by atoms with Crippen LogP contribution >= 0.6 is 0 Å². The standard InChI is InChI=1S/C19H28N4O2/c1-21-11-8-20-18(21)14-6-9-22(10-7-14)19(25)15-12-17(24)23(13-15)16-4-2-3-5-16/h8,11,14-16H,2-7,9-10,12-13H2,1H3/t15-/m0/s1. The second-order valence-corrected chi connectivity index (χ2v) is 7.88. The average molecular weight is 344 g/mol. The molecule has 1 atom stereocenters. The number of rotatable bonds is 3. The fourth-order valence-electron chi connectivity index (χ4n) is 4.85. The van der Waals surface area contributed by atoms with Gasteiger partial charge in [0.15, 0.2) is 0 Å². The molecule has 1 aromatic heterocycles. The molecule has 25 heavy (non-hydrogen) atoms. The molecule has 1 aliphatic carbocycles. The lowest BCUT2D eigenvalue weighted by Crippen LogP contribution is -2.43. The maximum Gasteiger partial charge on any atom is 0.227 e. The molecule has 0 aromatic carbocycles. The number of aryl methyl sites for hydroxylation is 1. The van der Waals surface area contributed by atoms with E-state index in [9.17, 15) is 9.59 Å². The van der Waals surface area contributed by atoms with Crippen LogP contribution in [0.3, 0.4) is 0 Å². The molecule has 6 nitrogen and oxygen atoms in total. The Hall–Kier alpha value is -1.85. The lowest BCUT2D eigenvalue weighted by Gasteiger charge is -2.33. The highest BCUT2D eigenvalue weighted by Crippen LogP contribution is 2.32. The molecule has 0 N–H and O–H groups in total. The van der Waals surface area contributed by atoms with Gasteiger partial charge in [-0.2, -0.15) is 0 Å². The van der Waals surface area contributed by atoms with E-state index in [0.29, 0.717) is 24.9 Å². The average Bonchev–Trinajstić information content (AvgIpc) is 3.35. The van der Waals surface area contributed by atoms with Gasteiger partial charge in [-0.25, -0.2) is 4.98 Å². The van der Waals surface area contributed by atoms with Crippen molar-refractivity contribution in [3.05, 3.63) is 18.2 Å². The summed E-state index contributed by atoms with van der Waals surface area (Å²) in [6.07, 6.45) is 10.8. The zero-order valence-corrected chi connectivity index (χ0v) is 15.1. The number of hydrogen-bond acceptors (Lipinski definition) is 3. The highest BCUT2D eigenvalue weighted by Gasteiger charge is 2.40. The molecule has 3 aliphatic rings. The van der Waals surface area contributed by atoms with E-state index >= 15 is 0 Å². The predicted molar refractivity (Wildman–Crippen MR) is 93.8 cm³/mol. The summed E-state index contributed by atoms with van der Waals surface area (Å²) in [6.45, 7) is 2.20. The smallest absolute Gasteiger partial charge is 0.227 e. The minimum Gasteiger partial charge on any atom is -0.342 e. The number of nitrogens with zero attached hydrogens (tertiary/aromatic N) is 4. The van der Waals surface area contributed by atoms with Gasteiger partial charge in [-0.15, -0.1) is 0 Å². The van der Waals surface area contributed by atoms with Crippen molar-refractivity contribution in [2.75, 3.05) is 19.6 Å². The largest absolute Gasteiger partial charge is 0.342 e. The minimum atomic E-state index is -0.127. The molecule has 2 aliphatic heterocycles. The van der Waals surface area contributed by atoms with E-state index in [4.69, 9.17) is 0 Å². The number of carbonyl (C=O) groups excluding carboxylic acids is 2. The van der Waals surface area contributed by atoms with Crippen LogP contribution in [0.2, 0.25) is 0 Å². The Labute approximate surface area is 149 Å². The molecule has 2 saturated heterocycles. The molecule has 0 spiro atoms. The third-order valence-corrected chi connectivity index (χ3v) is 6.30. The van der Waals surface area contributed by atoms with Gasteiger partial charge in [-0.1, -0.05) is 12.8 Å². The van der Waals surface area contributed by atoms with Crippen molar-refractivity contribution in [2.45, 2.75) is 56.9 Å². The van der Waals surface area contributed by atoms with Crippen molar-refractivity contribution in [1.82, 2.24) is 19.4 Å². The van der Waals surface area contributed by atoms with Gasteiger partial charge in [-0.3, -0.25) is 9.59 Å². The van der Waals surface area contributed by atoms with Crippen molar-refractivity contribution in [1.29, 1.82) is 0 Å². The highest BCUT2D eigenvalue weighted by atomic mass is 16.2. The lowest BCUT2D eigenvalue weighted by molar-refractivity contribution is -0.136. The molecular formula is C19H28N4O2. The number of imidazole rings is 1. The van der Waals surface area contributed by atoms with Crippen LogP contribution in [0.25, 0.3) is 0 Å². The summed E-state index contributed by atoms with van der Waals surface area (Å²) in [5.74, 6) is 1.80. The second-order valence-electron chi connectivity index (χ2n) is 7.88. The molecule has 4 rings (SSSR count). The Bertz CT molecular complexity index is 642. The van der Waals surface area contributed by atoms with Crippen molar-refractivity contribution >= 4 is 11.8 Å². The van der Waals surface area contributed by atoms with Gasteiger partial charge >= 0.3 is 0 Å². The molecule has 1 saturated carbocycles. The number of aromatic nitrogens is 2. The fraction of sp³-hybridized carbons (Fsp3) is 0.737. The van der Waals surface area contributed by atoms with Crippen LogP contribution in [0.5, 0.6) is 0 Å². The summed E-state index contributed by atoms with van der Waals surface area (Å²) >= 11 is 0. The zero-order valence-electron chi connectivity index (χ0n) is 15.1. The molecule has 3 heterocycles. The summed E-state index contributed by atoms with van der Waals surface area (Å²) < 4.78 is 2.08. The van der Waals surface area contributed by atoms with Gasteiger partial charge < -0.3 is 14.4 Å². The van der Waals surface area contributed by atoms with Crippen LogP contribution in [-0.4, -0.2) is 56.8 Å². The maximum atomic E-state index is 12.9. The third-order valence-electron chi connectivity index (χ3n) is 6.30. The van der Waals surface area contributed by atoms with E-state index in [2.05, 4.69) is 9.55 Å². The normalized spacial score (nSPS) is 26.0. The Morgan fingerprint density at radius 3 is 2.52 bits per heavy atom. The van der Waals surface area contributed by atoms with Crippen molar-refractivity contribution in [2.24, 2.45) is 13.0 Å². The van der Waals surface area contributed by atoms with E-state index in [1.165, 1.54) is 12.8 Å². The summed E-state index contributed by atoms with van der Waals surface area (Å²) in [4.78, 5) is 33.7. The Balaban J connectivity index is 1.33. The SMILES string of the molecule is Cn1ccnc1C1CCN(C(=O)[C@H]2CC(=O)N(C3CCCC3)C2)CC1. The first-order valence-electron chi connectivity index (χ1n) is 9.69. The van der Waals surface area contributed by atoms with Crippen LogP contribution in [0.15, 0.2) is 12.4 Å². The first-order valence-corrected chi connectivity index (χ1v) is 9.69. The Kier molecular flexibility index (Phi) is 4.52. The number of amides is 2. The Morgan fingerprint density at radius 2 is 1.88 bits per heavy atom. The van der Waals surface area contributed by atoms with E-state index < -0.39 is 0 Å². The lowest BCUT2D eigenvalue weighted by atomic mass is 9.94. The summed E-state index contributed by atoms with van der Waals surface area (Å²) in [7, 11) is 2.03. The van der Waals surface area contributed by atoms with E-state index in [1.54, 1.807) is 0 Å². The first-order chi connectivity index (χ1) is 12.1. The van der Waals surface area contributed by atoms with Crippen molar-refractivity contribution < 1.29 is 9.59 Å². The van der Waals surface area contributed by atoms with Gasteiger partial charge in [0.25, 0.3) is 0 Å². The molecule has 0 bridgehead atoms. The molecule has 0 radical (unpaired) electrons. The second kappa shape index (κ2) is 6.81. The number of likely N-dealkylation sites (tertiary alicyclic amines) is 2. The topological polar surface area (TPSA) is 58.4 Å². The molecule has 2 amide bonds.